The molecule has 0 heterocycles. The summed E-state index contributed by atoms with van der Waals surface area (Å²) in [6.45, 7) is 0. The molecule has 0 bridgehead atoms. The Morgan fingerprint density at radius 3 is 2.68 bits per heavy atom. The van der Waals surface area contributed by atoms with Gasteiger partial charge in [0.1, 0.15) is 5.54 Å². The molecule has 0 amide bonds. The first-order valence-electron chi connectivity index (χ1n) is 7.20. The maximum atomic E-state index is 9.58. The molecule has 0 saturated heterocycles. The zero-order chi connectivity index (χ0) is 13.1. The van der Waals surface area contributed by atoms with E-state index >= 15 is 0 Å². The minimum Gasteiger partial charge on any atom is -0.297 e. The summed E-state index contributed by atoms with van der Waals surface area (Å²) in [5, 5.41) is 13.7. The van der Waals surface area contributed by atoms with Crippen molar-refractivity contribution in [2.45, 2.75) is 60.3 Å². The van der Waals surface area contributed by atoms with Crippen molar-refractivity contribution in [1.82, 2.24) is 5.32 Å². The highest BCUT2D eigenvalue weighted by Crippen LogP contribution is 2.39. The molecule has 1 aromatic carbocycles. The van der Waals surface area contributed by atoms with Crippen LogP contribution in [0, 0.1) is 11.3 Å². The van der Waals surface area contributed by atoms with E-state index in [1.54, 1.807) is 0 Å². The lowest BCUT2D eigenvalue weighted by Crippen LogP contribution is -2.49. The first kappa shape index (κ1) is 13.0. The highest BCUT2D eigenvalue weighted by Gasteiger charge is 2.40. The number of benzene rings is 1. The second-order valence-corrected chi connectivity index (χ2v) is 7.14. The summed E-state index contributed by atoms with van der Waals surface area (Å²) in [4.78, 5) is 1.33. The lowest BCUT2D eigenvalue weighted by atomic mass is 9.82. The van der Waals surface area contributed by atoms with Crippen LogP contribution in [0.5, 0.6) is 0 Å². The van der Waals surface area contributed by atoms with Crippen LogP contribution < -0.4 is 5.32 Å². The fraction of sp³-hybridized carbons (Fsp3) is 0.562. The van der Waals surface area contributed by atoms with Crippen molar-refractivity contribution in [3.8, 4) is 6.07 Å². The molecule has 1 aromatic rings. The molecular formula is C16H20N2S. The highest BCUT2D eigenvalue weighted by atomic mass is 32.2. The second kappa shape index (κ2) is 5.56. The van der Waals surface area contributed by atoms with Crippen molar-refractivity contribution < 1.29 is 0 Å². The van der Waals surface area contributed by atoms with Gasteiger partial charge in [-0.05, 0) is 50.7 Å². The smallest absolute Gasteiger partial charge is 0.108 e. The van der Waals surface area contributed by atoms with Crippen LogP contribution in [-0.4, -0.2) is 16.8 Å². The minimum absolute atomic E-state index is 0.258. The van der Waals surface area contributed by atoms with Crippen molar-refractivity contribution in [2.24, 2.45) is 0 Å². The summed E-state index contributed by atoms with van der Waals surface area (Å²) in [6.07, 6.45) is 6.90. The van der Waals surface area contributed by atoms with Crippen LogP contribution in [0.3, 0.4) is 0 Å². The lowest BCUT2D eigenvalue weighted by molar-refractivity contribution is 0.301. The molecule has 0 aromatic heterocycles. The van der Waals surface area contributed by atoms with Crippen molar-refractivity contribution in [3.05, 3.63) is 30.3 Å². The van der Waals surface area contributed by atoms with Gasteiger partial charge in [0, 0.05) is 16.2 Å². The molecule has 2 saturated carbocycles. The summed E-state index contributed by atoms with van der Waals surface area (Å²) >= 11 is 1.94. The van der Waals surface area contributed by atoms with Gasteiger partial charge in [-0.15, -0.1) is 11.8 Å². The molecule has 3 heteroatoms. The van der Waals surface area contributed by atoms with Gasteiger partial charge >= 0.3 is 0 Å². The first-order chi connectivity index (χ1) is 9.30. The second-order valence-electron chi connectivity index (χ2n) is 5.76. The largest absolute Gasteiger partial charge is 0.297 e. The molecule has 2 unspecified atom stereocenters. The summed E-state index contributed by atoms with van der Waals surface area (Å²) in [7, 11) is 0. The first-order valence-corrected chi connectivity index (χ1v) is 8.08. The molecule has 19 heavy (non-hydrogen) atoms. The van der Waals surface area contributed by atoms with E-state index in [4.69, 9.17) is 0 Å². The third kappa shape index (κ3) is 3.32. The van der Waals surface area contributed by atoms with Crippen LogP contribution in [-0.2, 0) is 0 Å². The molecule has 0 aliphatic heterocycles. The van der Waals surface area contributed by atoms with Crippen LogP contribution in [0.4, 0.5) is 0 Å². The SMILES string of the molecule is N#CC1(NC2CC2)CCCC(Sc2ccccc2)C1. The third-order valence-corrected chi connectivity index (χ3v) is 5.30. The van der Waals surface area contributed by atoms with Gasteiger partial charge in [-0.2, -0.15) is 5.26 Å². The molecule has 1 N–H and O–H groups in total. The van der Waals surface area contributed by atoms with Crippen molar-refractivity contribution in [3.63, 3.8) is 0 Å². The van der Waals surface area contributed by atoms with E-state index in [0.29, 0.717) is 11.3 Å². The van der Waals surface area contributed by atoms with Crippen LogP contribution in [0.2, 0.25) is 0 Å². The zero-order valence-corrected chi connectivity index (χ0v) is 12.0. The lowest BCUT2D eigenvalue weighted by Gasteiger charge is -2.36. The molecule has 3 rings (SSSR count). The van der Waals surface area contributed by atoms with E-state index in [9.17, 15) is 5.26 Å². The average molecular weight is 272 g/mol. The number of nitrogens with one attached hydrogen (secondary N) is 1. The normalized spacial score (nSPS) is 30.8. The van der Waals surface area contributed by atoms with Crippen molar-refractivity contribution in [1.29, 1.82) is 5.26 Å². The van der Waals surface area contributed by atoms with Crippen LogP contribution >= 0.6 is 11.8 Å². The molecule has 0 radical (unpaired) electrons. The van der Waals surface area contributed by atoms with Crippen LogP contribution in [0.15, 0.2) is 35.2 Å². The van der Waals surface area contributed by atoms with Gasteiger partial charge < -0.3 is 0 Å². The van der Waals surface area contributed by atoms with E-state index in [1.807, 2.05) is 11.8 Å². The Balaban J connectivity index is 1.65. The van der Waals surface area contributed by atoms with E-state index < -0.39 is 0 Å². The number of nitrogens with zero attached hydrogens (tertiary/aromatic N) is 1. The van der Waals surface area contributed by atoms with Gasteiger partial charge in [0.15, 0.2) is 0 Å². The number of rotatable bonds is 4. The molecule has 2 atom stereocenters. The third-order valence-electron chi connectivity index (χ3n) is 4.02. The van der Waals surface area contributed by atoms with Gasteiger partial charge in [-0.3, -0.25) is 5.32 Å². The summed E-state index contributed by atoms with van der Waals surface area (Å²) in [5.41, 5.74) is -0.258. The van der Waals surface area contributed by atoms with Crippen molar-refractivity contribution in [2.75, 3.05) is 0 Å². The van der Waals surface area contributed by atoms with E-state index in [-0.39, 0.29) is 5.54 Å². The Kier molecular flexibility index (Phi) is 3.81. The Morgan fingerprint density at radius 2 is 2.00 bits per heavy atom. The fourth-order valence-electron chi connectivity index (χ4n) is 2.90. The fourth-order valence-corrected chi connectivity index (χ4v) is 4.25. The maximum Gasteiger partial charge on any atom is 0.108 e. The number of thioether (sulfide) groups is 1. The summed E-state index contributed by atoms with van der Waals surface area (Å²) < 4.78 is 0. The standard InChI is InChI=1S/C16H20N2S/c17-12-16(18-13-8-9-13)10-4-7-15(11-16)19-14-5-2-1-3-6-14/h1-3,5-6,13,15,18H,4,7-11H2. The monoisotopic (exact) mass is 272 g/mol. The summed E-state index contributed by atoms with van der Waals surface area (Å²) in [5.74, 6) is 0. The number of hydrogen-bond donors (Lipinski definition) is 1. The molecular weight excluding hydrogens is 252 g/mol. The zero-order valence-electron chi connectivity index (χ0n) is 11.1. The number of nitriles is 1. The predicted octanol–water partition coefficient (Wildman–Crippen LogP) is 3.74. The Bertz CT molecular complexity index is 463. The van der Waals surface area contributed by atoms with Gasteiger partial charge in [-0.1, -0.05) is 18.2 Å². The Labute approximate surface area is 119 Å². The highest BCUT2D eigenvalue weighted by molar-refractivity contribution is 8.00. The van der Waals surface area contributed by atoms with Crippen molar-refractivity contribution >= 4 is 11.8 Å². The number of hydrogen-bond acceptors (Lipinski definition) is 3. The summed E-state index contributed by atoms with van der Waals surface area (Å²) in [6, 6.07) is 13.8. The topological polar surface area (TPSA) is 35.8 Å². The van der Waals surface area contributed by atoms with Gasteiger partial charge in [0.2, 0.25) is 0 Å². The predicted molar refractivity (Wildman–Crippen MR) is 79.1 cm³/mol. The van der Waals surface area contributed by atoms with Crippen LogP contribution in [0.25, 0.3) is 0 Å². The Morgan fingerprint density at radius 1 is 1.21 bits per heavy atom. The van der Waals surface area contributed by atoms with E-state index in [0.717, 1.165) is 19.3 Å². The minimum atomic E-state index is -0.258. The molecule has 2 nitrogen and oxygen atoms in total. The molecule has 100 valence electrons. The molecule has 2 fully saturated rings. The quantitative estimate of drug-likeness (QED) is 0.907. The van der Waals surface area contributed by atoms with E-state index in [1.165, 1.54) is 24.2 Å². The van der Waals surface area contributed by atoms with Gasteiger partial charge in [0.25, 0.3) is 0 Å². The Hall–Kier alpha value is -0.980. The molecule has 0 spiro atoms. The van der Waals surface area contributed by atoms with Gasteiger partial charge in [0.05, 0.1) is 6.07 Å². The van der Waals surface area contributed by atoms with E-state index in [2.05, 4.69) is 41.7 Å². The van der Waals surface area contributed by atoms with Gasteiger partial charge in [-0.25, -0.2) is 0 Å². The van der Waals surface area contributed by atoms with Crippen LogP contribution in [0.1, 0.15) is 38.5 Å². The molecule has 2 aliphatic carbocycles. The maximum absolute atomic E-state index is 9.58. The average Bonchev–Trinajstić information content (AvgIpc) is 3.24. The molecule has 2 aliphatic rings.